The van der Waals surface area contributed by atoms with Crippen LogP contribution in [0.4, 0.5) is 4.79 Å². The molecule has 2 heterocycles. The molecule has 2 aliphatic heterocycles. The van der Waals surface area contributed by atoms with Gasteiger partial charge in [-0.2, -0.15) is 0 Å². The molecule has 2 saturated heterocycles. The normalized spacial score (nSPS) is 23.7. The third-order valence-corrected chi connectivity index (χ3v) is 6.83. The first-order valence-electron chi connectivity index (χ1n) is 7.74. The van der Waals surface area contributed by atoms with Gasteiger partial charge in [0.1, 0.15) is 6.54 Å². The zero-order chi connectivity index (χ0) is 18.9. The number of nitrogens with zero attached hydrogens (tertiary/aromatic N) is 1. The van der Waals surface area contributed by atoms with E-state index in [0.717, 1.165) is 16.7 Å². The number of carbonyl (C=O) groups excluding carboxylic acids is 3. The smallest absolute Gasteiger partial charge is 0.294 e. The van der Waals surface area contributed by atoms with Crippen molar-refractivity contribution < 1.29 is 22.8 Å². The lowest BCUT2D eigenvalue weighted by Gasteiger charge is -2.15. The molecule has 0 spiro atoms. The summed E-state index contributed by atoms with van der Waals surface area (Å²) >= 11 is 6.65. The average Bonchev–Trinajstić information content (AvgIpc) is 3.01. The van der Waals surface area contributed by atoms with Crippen LogP contribution < -0.4 is 5.32 Å². The first-order chi connectivity index (χ1) is 12.2. The second-order valence-corrected chi connectivity index (χ2v) is 9.65. The molecule has 0 radical (unpaired) electrons. The minimum Gasteiger partial charge on any atom is -0.351 e. The van der Waals surface area contributed by atoms with Gasteiger partial charge in [-0.05, 0) is 42.0 Å². The molecule has 0 aliphatic carbocycles. The topological polar surface area (TPSA) is 101 Å². The van der Waals surface area contributed by atoms with Gasteiger partial charge < -0.3 is 5.32 Å². The van der Waals surface area contributed by atoms with E-state index in [-0.39, 0.29) is 16.4 Å². The van der Waals surface area contributed by atoms with E-state index < -0.39 is 39.5 Å². The maximum Gasteiger partial charge on any atom is 0.294 e. The molecule has 0 bridgehead atoms. The molecule has 26 heavy (non-hydrogen) atoms. The monoisotopic (exact) mass is 414 g/mol. The molecule has 2 aliphatic rings. The van der Waals surface area contributed by atoms with E-state index in [4.69, 9.17) is 11.6 Å². The third kappa shape index (κ3) is 4.46. The molecule has 1 aromatic carbocycles. The Bertz CT molecular complexity index is 913. The summed E-state index contributed by atoms with van der Waals surface area (Å²) in [4.78, 5) is 37.6. The fourth-order valence-electron chi connectivity index (χ4n) is 2.71. The van der Waals surface area contributed by atoms with Crippen LogP contribution in [0, 0.1) is 0 Å². The lowest BCUT2D eigenvalue weighted by Crippen LogP contribution is -2.43. The van der Waals surface area contributed by atoms with E-state index in [1.54, 1.807) is 24.3 Å². The summed E-state index contributed by atoms with van der Waals surface area (Å²) in [6.07, 6.45) is 1.88. The van der Waals surface area contributed by atoms with Gasteiger partial charge in [0, 0.05) is 11.1 Å². The number of rotatable bonds is 4. The van der Waals surface area contributed by atoms with Crippen LogP contribution in [0.3, 0.4) is 0 Å². The van der Waals surface area contributed by atoms with Gasteiger partial charge in [0.05, 0.1) is 16.4 Å². The lowest BCUT2D eigenvalue weighted by atomic mass is 10.2. The van der Waals surface area contributed by atoms with Crippen LogP contribution in [-0.4, -0.2) is 54.5 Å². The van der Waals surface area contributed by atoms with Crippen molar-refractivity contribution in [3.63, 3.8) is 0 Å². The van der Waals surface area contributed by atoms with E-state index in [9.17, 15) is 22.8 Å². The molecule has 7 nitrogen and oxygen atoms in total. The first-order valence-corrected chi connectivity index (χ1v) is 10.8. The predicted octanol–water partition coefficient (Wildman–Crippen LogP) is 1.68. The molecule has 1 aromatic rings. The van der Waals surface area contributed by atoms with Gasteiger partial charge in [-0.25, -0.2) is 8.42 Å². The Morgan fingerprint density at radius 3 is 2.81 bits per heavy atom. The highest BCUT2D eigenvalue weighted by molar-refractivity contribution is 8.18. The minimum absolute atomic E-state index is 0.0297. The molecule has 10 heteroatoms. The van der Waals surface area contributed by atoms with Crippen molar-refractivity contribution in [1.82, 2.24) is 10.2 Å². The molecule has 138 valence electrons. The summed E-state index contributed by atoms with van der Waals surface area (Å²) in [6.45, 7) is -0.436. The highest BCUT2D eigenvalue weighted by Crippen LogP contribution is 2.32. The Morgan fingerprint density at radius 1 is 1.38 bits per heavy atom. The van der Waals surface area contributed by atoms with Crippen molar-refractivity contribution >= 4 is 56.3 Å². The largest absolute Gasteiger partial charge is 0.351 e. The van der Waals surface area contributed by atoms with E-state index in [0.29, 0.717) is 17.0 Å². The number of hydrogen-bond donors (Lipinski definition) is 1. The summed E-state index contributed by atoms with van der Waals surface area (Å²) < 4.78 is 22.8. The van der Waals surface area contributed by atoms with E-state index in [1.165, 1.54) is 6.08 Å². The fraction of sp³-hybridized carbons (Fsp3) is 0.312. The van der Waals surface area contributed by atoms with Crippen molar-refractivity contribution in [2.24, 2.45) is 0 Å². The Morgan fingerprint density at radius 2 is 2.15 bits per heavy atom. The molecule has 1 atom stereocenters. The van der Waals surface area contributed by atoms with Crippen molar-refractivity contribution in [3.8, 4) is 0 Å². The molecule has 3 rings (SSSR count). The Kier molecular flexibility index (Phi) is 5.40. The number of amides is 3. The van der Waals surface area contributed by atoms with Crippen LogP contribution in [0.5, 0.6) is 0 Å². The summed E-state index contributed by atoms with van der Waals surface area (Å²) in [7, 11) is -3.12. The molecule has 0 aromatic heterocycles. The summed E-state index contributed by atoms with van der Waals surface area (Å²) in [5.41, 5.74) is 0.670. The molecule has 3 amide bonds. The van der Waals surface area contributed by atoms with Gasteiger partial charge in [-0.15, -0.1) is 0 Å². The van der Waals surface area contributed by atoms with Gasteiger partial charge in [-0.1, -0.05) is 23.7 Å². The molecule has 2 fully saturated rings. The molecule has 0 unspecified atom stereocenters. The van der Waals surface area contributed by atoms with E-state index in [2.05, 4.69) is 5.32 Å². The number of sulfone groups is 1. The van der Waals surface area contributed by atoms with Crippen LogP contribution in [0.1, 0.15) is 12.0 Å². The first kappa shape index (κ1) is 18.9. The minimum atomic E-state index is -3.12. The maximum atomic E-state index is 12.4. The lowest BCUT2D eigenvalue weighted by molar-refractivity contribution is -0.129. The molecule has 1 N–H and O–H groups in total. The zero-order valence-electron chi connectivity index (χ0n) is 13.5. The predicted molar refractivity (Wildman–Crippen MR) is 99.3 cm³/mol. The van der Waals surface area contributed by atoms with Gasteiger partial charge in [0.2, 0.25) is 5.91 Å². The number of halogens is 1. The van der Waals surface area contributed by atoms with Crippen molar-refractivity contribution in [2.45, 2.75) is 12.5 Å². The van der Waals surface area contributed by atoms with Crippen LogP contribution in [0.25, 0.3) is 6.08 Å². The van der Waals surface area contributed by atoms with Crippen molar-refractivity contribution in [2.75, 3.05) is 18.1 Å². The highest BCUT2D eigenvalue weighted by Gasteiger charge is 2.37. The molecular weight excluding hydrogens is 400 g/mol. The van der Waals surface area contributed by atoms with E-state index in [1.807, 2.05) is 0 Å². The van der Waals surface area contributed by atoms with E-state index >= 15 is 0 Å². The number of carbonyl (C=O) groups is 3. The SMILES string of the molecule is O=C(CN1C(=O)S/C(=C\c2cccc(Cl)c2)C1=O)N[C@@H]1CCS(=O)(=O)C1. The van der Waals surface area contributed by atoms with Gasteiger partial charge in [0.25, 0.3) is 11.1 Å². The van der Waals surface area contributed by atoms with Crippen LogP contribution in [0.15, 0.2) is 29.2 Å². The average molecular weight is 415 g/mol. The number of thioether (sulfide) groups is 1. The quantitative estimate of drug-likeness (QED) is 0.752. The summed E-state index contributed by atoms with van der Waals surface area (Å²) in [5, 5.41) is 2.52. The number of benzene rings is 1. The van der Waals surface area contributed by atoms with Gasteiger partial charge >= 0.3 is 0 Å². The van der Waals surface area contributed by atoms with Crippen molar-refractivity contribution in [1.29, 1.82) is 0 Å². The van der Waals surface area contributed by atoms with Crippen LogP contribution in [0.2, 0.25) is 5.02 Å². The van der Waals surface area contributed by atoms with Crippen LogP contribution >= 0.6 is 23.4 Å². The van der Waals surface area contributed by atoms with Gasteiger partial charge in [0.15, 0.2) is 9.84 Å². The Balaban J connectivity index is 1.65. The number of nitrogens with one attached hydrogen (secondary N) is 1. The number of imide groups is 1. The second-order valence-electron chi connectivity index (χ2n) is 5.99. The standard InChI is InChI=1S/C16H15ClN2O5S2/c17-11-3-1-2-10(6-11)7-13-15(21)19(16(22)25-13)8-14(20)18-12-4-5-26(23,24)9-12/h1-3,6-7,12H,4-5,8-9H2,(H,18,20)/b13-7-/t12-/m1/s1. The van der Waals surface area contributed by atoms with Crippen molar-refractivity contribution in [3.05, 3.63) is 39.8 Å². The highest BCUT2D eigenvalue weighted by atomic mass is 35.5. The maximum absolute atomic E-state index is 12.4. The zero-order valence-corrected chi connectivity index (χ0v) is 15.9. The Hall–Kier alpha value is -1.84. The summed E-state index contributed by atoms with van der Waals surface area (Å²) in [6, 6.07) is 6.34. The van der Waals surface area contributed by atoms with Gasteiger partial charge in [-0.3, -0.25) is 19.3 Å². The summed E-state index contributed by atoms with van der Waals surface area (Å²) in [5.74, 6) is -1.20. The van der Waals surface area contributed by atoms with Crippen LogP contribution in [-0.2, 0) is 19.4 Å². The number of hydrogen-bond acceptors (Lipinski definition) is 6. The second kappa shape index (κ2) is 7.42. The molecular formula is C16H15ClN2O5S2. The third-order valence-electron chi connectivity index (χ3n) is 3.92. The fourth-order valence-corrected chi connectivity index (χ4v) is 5.42. The Labute approximate surface area is 159 Å². The molecule has 0 saturated carbocycles.